The average Bonchev–Trinajstić information content (AvgIpc) is 3.26. The van der Waals surface area contributed by atoms with E-state index in [1.54, 1.807) is 12.1 Å². The third kappa shape index (κ3) is 4.97. The third-order valence-corrected chi connectivity index (χ3v) is 5.58. The van der Waals surface area contributed by atoms with Gasteiger partial charge in [-0.2, -0.15) is 0 Å². The molecule has 0 radical (unpaired) electrons. The van der Waals surface area contributed by atoms with Crippen LogP contribution in [0.5, 0.6) is 17.2 Å². The SMILES string of the molecule is CCOc1cc(C(=O)Nc2ccc(-c3ncc4n3CCCC4)cc2)cc(OCC)c1OCC. The normalized spacial score (nSPS) is 12.7. The summed E-state index contributed by atoms with van der Waals surface area (Å²) in [4.78, 5) is 17.6. The van der Waals surface area contributed by atoms with Gasteiger partial charge in [0.15, 0.2) is 11.5 Å². The molecule has 1 aromatic heterocycles. The van der Waals surface area contributed by atoms with Crippen molar-refractivity contribution in [1.82, 2.24) is 9.55 Å². The lowest BCUT2D eigenvalue weighted by molar-refractivity contribution is 0.102. The van der Waals surface area contributed by atoms with Crippen molar-refractivity contribution >= 4 is 11.6 Å². The molecule has 0 bridgehead atoms. The number of imidazole rings is 1. The van der Waals surface area contributed by atoms with Crippen LogP contribution < -0.4 is 19.5 Å². The lowest BCUT2D eigenvalue weighted by Crippen LogP contribution is -2.13. The number of carbonyl (C=O) groups is 1. The summed E-state index contributed by atoms with van der Waals surface area (Å²) in [6, 6.07) is 11.2. The first-order valence-electron chi connectivity index (χ1n) is 11.7. The number of hydrogen-bond donors (Lipinski definition) is 1. The van der Waals surface area contributed by atoms with Gasteiger partial charge in [-0.15, -0.1) is 0 Å². The van der Waals surface area contributed by atoms with Gasteiger partial charge in [0.2, 0.25) is 5.75 Å². The van der Waals surface area contributed by atoms with Crippen molar-refractivity contribution in [2.45, 2.75) is 46.6 Å². The quantitative estimate of drug-likeness (QED) is 0.478. The summed E-state index contributed by atoms with van der Waals surface area (Å²) in [7, 11) is 0. The van der Waals surface area contributed by atoms with Gasteiger partial charge in [0.25, 0.3) is 5.91 Å². The van der Waals surface area contributed by atoms with Crippen molar-refractivity contribution in [3.63, 3.8) is 0 Å². The maximum Gasteiger partial charge on any atom is 0.255 e. The van der Waals surface area contributed by atoms with Gasteiger partial charge in [0, 0.05) is 35.2 Å². The van der Waals surface area contributed by atoms with Crippen LogP contribution >= 0.6 is 0 Å². The smallest absolute Gasteiger partial charge is 0.255 e. The van der Waals surface area contributed by atoms with Gasteiger partial charge in [-0.05, 0) is 76.4 Å². The summed E-state index contributed by atoms with van der Waals surface area (Å²) in [5, 5.41) is 2.97. The first-order valence-corrected chi connectivity index (χ1v) is 11.7. The number of fused-ring (bicyclic) bond motifs is 1. The average molecular weight is 450 g/mol. The molecule has 1 N–H and O–H groups in total. The molecule has 174 valence electrons. The van der Waals surface area contributed by atoms with E-state index in [1.165, 1.54) is 18.5 Å². The van der Waals surface area contributed by atoms with Gasteiger partial charge < -0.3 is 24.1 Å². The fourth-order valence-corrected chi connectivity index (χ4v) is 4.09. The molecule has 1 aliphatic heterocycles. The van der Waals surface area contributed by atoms with Crippen LogP contribution in [0.4, 0.5) is 5.69 Å². The number of benzene rings is 2. The van der Waals surface area contributed by atoms with Crippen molar-refractivity contribution in [1.29, 1.82) is 0 Å². The third-order valence-electron chi connectivity index (χ3n) is 5.58. The predicted molar refractivity (Wildman–Crippen MR) is 129 cm³/mol. The van der Waals surface area contributed by atoms with Crippen LogP contribution in [0.25, 0.3) is 11.4 Å². The molecule has 4 rings (SSSR count). The predicted octanol–water partition coefficient (Wildman–Crippen LogP) is 5.33. The second kappa shape index (κ2) is 10.4. The van der Waals surface area contributed by atoms with Crippen molar-refractivity contribution in [2.24, 2.45) is 0 Å². The second-order valence-corrected chi connectivity index (χ2v) is 7.81. The molecule has 0 aliphatic carbocycles. The molecule has 2 heterocycles. The Morgan fingerprint density at radius 2 is 1.64 bits per heavy atom. The molecule has 2 aromatic carbocycles. The largest absolute Gasteiger partial charge is 0.490 e. The minimum Gasteiger partial charge on any atom is -0.490 e. The molecular formula is C26H31N3O4. The Morgan fingerprint density at radius 1 is 0.970 bits per heavy atom. The van der Waals surface area contributed by atoms with E-state index < -0.39 is 0 Å². The van der Waals surface area contributed by atoms with E-state index in [0.29, 0.717) is 48.3 Å². The van der Waals surface area contributed by atoms with E-state index in [4.69, 9.17) is 14.2 Å². The highest BCUT2D eigenvalue weighted by molar-refractivity contribution is 6.05. The van der Waals surface area contributed by atoms with Gasteiger partial charge in [-0.25, -0.2) is 4.98 Å². The number of hydrogen-bond acceptors (Lipinski definition) is 5. The topological polar surface area (TPSA) is 74.6 Å². The Morgan fingerprint density at radius 3 is 2.27 bits per heavy atom. The molecular weight excluding hydrogens is 418 g/mol. The number of aryl methyl sites for hydroxylation is 1. The Bertz CT molecular complexity index is 1080. The van der Waals surface area contributed by atoms with Crippen molar-refractivity contribution in [3.05, 3.63) is 53.9 Å². The monoisotopic (exact) mass is 449 g/mol. The van der Waals surface area contributed by atoms with Crippen LogP contribution in [-0.4, -0.2) is 35.3 Å². The van der Waals surface area contributed by atoms with Crippen LogP contribution in [-0.2, 0) is 13.0 Å². The highest BCUT2D eigenvalue weighted by Crippen LogP contribution is 2.39. The van der Waals surface area contributed by atoms with E-state index in [9.17, 15) is 4.79 Å². The number of amides is 1. The van der Waals surface area contributed by atoms with Crippen LogP contribution in [0.2, 0.25) is 0 Å². The lowest BCUT2D eigenvalue weighted by Gasteiger charge is -2.17. The minimum atomic E-state index is -0.245. The highest BCUT2D eigenvalue weighted by atomic mass is 16.5. The summed E-state index contributed by atoms with van der Waals surface area (Å²) in [6.07, 6.45) is 5.45. The fraction of sp³-hybridized carbons (Fsp3) is 0.385. The van der Waals surface area contributed by atoms with Gasteiger partial charge in [0.05, 0.1) is 19.8 Å². The zero-order valence-electron chi connectivity index (χ0n) is 19.5. The zero-order valence-corrected chi connectivity index (χ0v) is 19.5. The first kappa shape index (κ1) is 22.7. The molecule has 1 amide bonds. The molecule has 0 saturated carbocycles. The molecule has 0 atom stereocenters. The number of carbonyl (C=O) groups excluding carboxylic acids is 1. The molecule has 7 heteroatoms. The van der Waals surface area contributed by atoms with Crippen LogP contribution in [0.15, 0.2) is 42.6 Å². The number of anilines is 1. The molecule has 0 saturated heterocycles. The van der Waals surface area contributed by atoms with E-state index in [1.807, 2.05) is 51.2 Å². The Balaban J connectivity index is 1.54. The summed E-state index contributed by atoms with van der Waals surface area (Å²) < 4.78 is 19.5. The lowest BCUT2D eigenvalue weighted by atomic mass is 10.1. The minimum absolute atomic E-state index is 0.245. The molecule has 0 fully saturated rings. The number of nitrogens with zero attached hydrogens (tertiary/aromatic N) is 2. The standard InChI is InChI=1S/C26H31N3O4/c1-4-31-22-15-19(16-23(32-5-2)24(22)33-6-3)26(30)28-20-12-10-18(11-13-20)25-27-17-21-9-7-8-14-29(21)25/h10-13,15-17H,4-9,14H2,1-3H3,(H,28,30). The number of rotatable bonds is 9. The molecule has 33 heavy (non-hydrogen) atoms. The van der Waals surface area contributed by atoms with E-state index in [-0.39, 0.29) is 5.91 Å². The molecule has 0 spiro atoms. The maximum atomic E-state index is 13.0. The Hall–Kier alpha value is -3.48. The van der Waals surface area contributed by atoms with E-state index in [2.05, 4.69) is 14.9 Å². The molecule has 1 aliphatic rings. The van der Waals surface area contributed by atoms with Crippen LogP contribution in [0.1, 0.15) is 49.7 Å². The fourth-order valence-electron chi connectivity index (χ4n) is 4.09. The summed E-state index contributed by atoms with van der Waals surface area (Å²) >= 11 is 0. The maximum absolute atomic E-state index is 13.0. The summed E-state index contributed by atoms with van der Waals surface area (Å²) in [6.45, 7) is 8.06. The van der Waals surface area contributed by atoms with Crippen molar-refractivity contribution in [3.8, 4) is 28.6 Å². The first-order chi connectivity index (χ1) is 16.1. The highest BCUT2D eigenvalue weighted by Gasteiger charge is 2.19. The molecule has 0 unspecified atom stereocenters. The van der Waals surface area contributed by atoms with Crippen LogP contribution in [0.3, 0.4) is 0 Å². The Labute approximate surface area is 194 Å². The van der Waals surface area contributed by atoms with E-state index >= 15 is 0 Å². The van der Waals surface area contributed by atoms with Gasteiger partial charge >= 0.3 is 0 Å². The van der Waals surface area contributed by atoms with Crippen LogP contribution in [0, 0.1) is 0 Å². The second-order valence-electron chi connectivity index (χ2n) is 7.81. The van der Waals surface area contributed by atoms with Gasteiger partial charge in [-0.3, -0.25) is 4.79 Å². The summed E-state index contributed by atoms with van der Waals surface area (Å²) in [5.74, 6) is 2.25. The van der Waals surface area contributed by atoms with Crippen molar-refractivity contribution in [2.75, 3.05) is 25.1 Å². The number of ether oxygens (including phenoxy) is 3. The summed E-state index contributed by atoms with van der Waals surface area (Å²) in [5.41, 5.74) is 3.48. The Kier molecular flexibility index (Phi) is 7.17. The number of aromatic nitrogens is 2. The van der Waals surface area contributed by atoms with Gasteiger partial charge in [0.1, 0.15) is 5.82 Å². The van der Waals surface area contributed by atoms with Gasteiger partial charge in [-0.1, -0.05) is 0 Å². The van der Waals surface area contributed by atoms with Crippen molar-refractivity contribution < 1.29 is 19.0 Å². The van der Waals surface area contributed by atoms with E-state index in [0.717, 1.165) is 24.4 Å². The zero-order chi connectivity index (χ0) is 23.2. The number of nitrogens with one attached hydrogen (secondary N) is 1. The molecule has 7 nitrogen and oxygen atoms in total. The molecule has 3 aromatic rings.